The Balaban J connectivity index is 2.06. The molecule has 26 heavy (non-hydrogen) atoms. The fraction of sp³-hybridized carbons (Fsp3) is 0.176. The lowest BCUT2D eigenvalue weighted by atomic mass is 10.1. The third kappa shape index (κ3) is 5.21. The number of halogens is 1. The van der Waals surface area contributed by atoms with Gasteiger partial charge >= 0.3 is 5.97 Å². The minimum atomic E-state index is -3.40. The number of benzene rings is 2. The van der Waals surface area contributed by atoms with Gasteiger partial charge in [0, 0.05) is 11.3 Å². The second kappa shape index (κ2) is 7.76. The average molecular weight is 397 g/mol. The van der Waals surface area contributed by atoms with Gasteiger partial charge in [0.2, 0.25) is 15.8 Å². The zero-order chi connectivity index (χ0) is 19.5. The van der Waals surface area contributed by atoms with E-state index >= 15 is 0 Å². The van der Waals surface area contributed by atoms with Crippen molar-refractivity contribution in [3.63, 3.8) is 0 Å². The number of nitrogens with one attached hydrogen (secondary N) is 1. The molecule has 138 valence electrons. The highest BCUT2D eigenvalue weighted by molar-refractivity contribution is 7.92. The van der Waals surface area contributed by atoms with E-state index in [1.807, 2.05) is 0 Å². The van der Waals surface area contributed by atoms with Crippen LogP contribution in [0.1, 0.15) is 27.6 Å². The number of esters is 1. The smallest absolute Gasteiger partial charge is 0.338 e. The van der Waals surface area contributed by atoms with Crippen LogP contribution in [0.2, 0.25) is 5.02 Å². The first-order chi connectivity index (χ1) is 12.1. The van der Waals surface area contributed by atoms with Crippen molar-refractivity contribution in [2.75, 3.05) is 16.7 Å². The maximum atomic E-state index is 12.4. The summed E-state index contributed by atoms with van der Waals surface area (Å²) >= 11 is 5.80. The summed E-state index contributed by atoms with van der Waals surface area (Å²) in [5, 5.41) is 0.313. The van der Waals surface area contributed by atoms with Crippen LogP contribution in [-0.4, -0.2) is 32.5 Å². The van der Waals surface area contributed by atoms with Gasteiger partial charge in [-0.3, -0.25) is 9.52 Å². The SMILES string of the molecule is CC(OC(=O)c1ccc(Cl)c(N)c1)C(=O)c1ccc(NS(C)(=O)=O)cc1. The molecule has 1 atom stereocenters. The number of hydrogen-bond donors (Lipinski definition) is 2. The molecule has 0 aliphatic rings. The highest BCUT2D eigenvalue weighted by Crippen LogP contribution is 2.20. The van der Waals surface area contributed by atoms with Gasteiger partial charge in [-0.2, -0.15) is 0 Å². The lowest BCUT2D eigenvalue weighted by Gasteiger charge is -2.13. The number of nitrogens with two attached hydrogens (primary N) is 1. The van der Waals surface area contributed by atoms with E-state index in [-0.39, 0.29) is 16.8 Å². The summed E-state index contributed by atoms with van der Waals surface area (Å²) in [7, 11) is -3.40. The normalized spacial score (nSPS) is 12.3. The number of carbonyl (C=O) groups excluding carboxylic acids is 2. The molecular weight excluding hydrogens is 380 g/mol. The van der Waals surface area contributed by atoms with Gasteiger partial charge in [-0.25, -0.2) is 13.2 Å². The van der Waals surface area contributed by atoms with E-state index < -0.39 is 27.9 Å². The zero-order valence-corrected chi connectivity index (χ0v) is 15.6. The van der Waals surface area contributed by atoms with E-state index in [1.165, 1.54) is 49.4 Å². The van der Waals surface area contributed by atoms with Gasteiger partial charge in [0.25, 0.3) is 0 Å². The van der Waals surface area contributed by atoms with Crippen LogP contribution in [0.5, 0.6) is 0 Å². The maximum Gasteiger partial charge on any atom is 0.338 e. The monoisotopic (exact) mass is 396 g/mol. The average Bonchev–Trinajstić information content (AvgIpc) is 2.55. The molecule has 2 rings (SSSR count). The Bertz CT molecular complexity index is 942. The molecule has 7 nitrogen and oxygen atoms in total. The van der Waals surface area contributed by atoms with E-state index in [9.17, 15) is 18.0 Å². The third-order valence-electron chi connectivity index (χ3n) is 3.36. The molecule has 0 bridgehead atoms. The second-order valence-electron chi connectivity index (χ2n) is 5.60. The number of hydrogen-bond acceptors (Lipinski definition) is 6. The van der Waals surface area contributed by atoms with Crippen molar-refractivity contribution in [1.82, 2.24) is 0 Å². The van der Waals surface area contributed by atoms with Crippen molar-refractivity contribution in [3.05, 3.63) is 58.6 Å². The van der Waals surface area contributed by atoms with E-state index in [0.29, 0.717) is 10.7 Å². The molecule has 3 N–H and O–H groups in total. The van der Waals surface area contributed by atoms with Crippen molar-refractivity contribution in [1.29, 1.82) is 0 Å². The largest absolute Gasteiger partial charge is 0.451 e. The van der Waals surface area contributed by atoms with Crippen molar-refractivity contribution < 1.29 is 22.7 Å². The molecule has 0 spiro atoms. The molecule has 0 aliphatic carbocycles. The molecule has 0 heterocycles. The first-order valence-electron chi connectivity index (χ1n) is 7.45. The minimum absolute atomic E-state index is 0.180. The summed E-state index contributed by atoms with van der Waals surface area (Å²) in [5.41, 5.74) is 6.66. The van der Waals surface area contributed by atoms with Crippen molar-refractivity contribution in [2.45, 2.75) is 13.0 Å². The Kier molecular flexibility index (Phi) is 5.89. The predicted molar refractivity (Wildman–Crippen MR) is 100.0 cm³/mol. The number of nitrogen functional groups attached to an aromatic ring is 1. The molecule has 2 aromatic rings. The molecule has 2 aromatic carbocycles. The molecule has 0 aromatic heterocycles. The zero-order valence-electron chi connectivity index (χ0n) is 14.0. The Labute approximate surface area is 156 Å². The van der Waals surface area contributed by atoms with E-state index in [2.05, 4.69) is 4.72 Å². The summed E-state index contributed by atoms with van der Waals surface area (Å²) in [5.74, 6) is -1.13. The van der Waals surface area contributed by atoms with Crippen LogP contribution in [-0.2, 0) is 14.8 Å². The Morgan fingerprint density at radius 2 is 1.69 bits per heavy atom. The number of rotatable bonds is 6. The summed E-state index contributed by atoms with van der Waals surface area (Å²) in [4.78, 5) is 24.5. The summed E-state index contributed by atoms with van der Waals surface area (Å²) in [6.45, 7) is 1.45. The van der Waals surface area contributed by atoms with Crippen LogP contribution in [0.4, 0.5) is 11.4 Å². The fourth-order valence-corrected chi connectivity index (χ4v) is 2.79. The van der Waals surface area contributed by atoms with Gasteiger partial charge in [0.1, 0.15) is 0 Å². The van der Waals surface area contributed by atoms with Crippen molar-refractivity contribution in [3.8, 4) is 0 Å². The first kappa shape index (κ1) is 19.7. The maximum absolute atomic E-state index is 12.4. The summed E-state index contributed by atoms with van der Waals surface area (Å²) in [6, 6.07) is 10.1. The molecular formula is C17H17ClN2O5S. The molecule has 0 fully saturated rings. The van der Waals surface area contributed by atoms with E-state index in [4.69, 9.17) is 22.1 Å². The lowest BCUT2D eigenvalue weighted by Crippen LogP contribution is -2.24. The van der Waals surface area contributed by atoms with Crippen LogP contribution in [0.25, 0.3) is 0 Å². The van der Waals surface area contributed by atoms with Crippen LogP contribution in [0.15, 0.2) is 42.5 Å². The Morgan fingerprint density at radius 3 is 2.23 bits per heavy atom. The lowest BCUT2D eigenvalue weighted by molar-refractivity contribution is 0.0319. The van der Waals surface area contributed by atoms with Crippen LogP contribution in [0, 0.1) is 0 Å². The van der Waals surface area contributed by atoms with Crippen LogP contribution in [0.3, 0.4) is 0 Å². The Morgan fingerprint density at radius 1 is 1.12 bits per heavy atom. The summed E-state index contributed by atoms with van der Waals surface area (Å²) < 4.78 is 29.8. The molecule has 1 unspecified atom stereocenters. The topological polar surface area (TPSA) is 116 Å². The predicted octanol–water partition coefficient (Wildman–Crippen LogP) is 2.72. The highest BCUT2D eigenvalue weighted by Gasteiger charge is 2.21. The Hall–Kier alpha value is -2.58. The number of ether oxygens (including phenoxy) is 1. The number of sulfonamides is 1. The second-order valence-corrected chi connectivity index (χ2v) is 7.76. The van der Waals surface area contributed by atoms with Gasteiger partial charge in [-0.1, -0.05) is 11.6 Å². The quantitative estimate of drug-likeness (QED) is 0.440. The van der Waals surface area contributed by atoms with Crippen molar-refractivity contribution in [2.24, 2.45) is 0 Å². The number of Topliss-reactive ketones (excluding diaryl/α,β-unsaturated/α-hetero) is 1. The summed E-state index contributed by atoms with van der Waals surface area (Å²) in [6.07, 6.45) is -0.00924. The molecule has 9 heteroatoms. The molecule has 0 amide bonds. The van der Waals surface area contributed by atoms with Crippen LogP contribution < -0.4 is 10.5 Å². The molecule has 0 radical (unpaired) electrons. The van der Waals surface area contributed by atoms with Gasteiger partial charge in [0.15, 0.2) is 6.10 Å². The number of carbonyl (C=O) groups is 2. The fourth-order valence-electron chi connectivity index (χ4n) is 2.10. The van der Waals surface area contributed by atoms with E-state index in [0.717, 1.165) is 6.26 Å². The number of ketones is 1. The van der Waals surface area contributed by atoms with Crippen molar-refractivity contribution >= 4 is 44.8 Å². The molecule has 0 aliphatic heterocycles. The van der Waals surface area contributed by atoms with Crippen LogP contribution >= 0.6 is 11.6 Å². The standard InChI is InChI=1S/C17H17ClN2O5S/c1-10(25-17(22)12-5-8-14(18)15(19)9-12)16(21)11-3-6-13(7-4-11)20-26(2,23)24/h3-10,20H,19H2,1-2H3. The van der Waals surface area contributed by atoms with Gasteiger partial charge < -0.3 is 10.5 Å². The minimum Gasteiger partial charge on any atom is -0.451 e. The van der Waals surface area contributed by atoms with Gasteiger partial charge in [0.05, 0.1) is 22.5 Å². The van der Waals surface area contributed by atoms with Gasteiger partial charge in [-0.15, -0.1) is 0 Å². The first-order valence-corrected chi connectivity index (χ1v) is 9.72. The highest BCUT2D eigenvalue weighted by atomic mass is 35.5. The van der Waals surface area contributed by atoms with Gasteiger partial charge in [-0.05, 0) is 49.4 Å². The molecule has 0 saturated heterocycles. The molecule has 0 saturated carbocycles. The third-order valence-corrected chi connectivity index (χ3v) is 4.31. The number of anilines is 2. The van der Waals surface area contributed by atoms with E-state index in [1.54, 1.807) is 0 Å².